The highest BCUT2D eigenvalue weighted by molar-refractivity contribution is 6.36. The van der Waals surface area contributed by atoms with E-state index in [1.165, 1.54) is 11.8 Å². The molecule has 2 amide bonds. The van der Waals surface area contributed by atoms with E-state index in [0.717, 1.165) is 0 Å². The van der Waals surface area contributed by atoms with Crippen LogP contribution in [-0.2, 0) is 4.79 Å². The van der Waals surface area contributed by atoms with Crippen molar-refractivity contribution in [2.24, 2.45) is 0 Å². The summed E-state index contributed by atoms with van der Waals surface area (Å²) in [5.41, 5.74) is 0.994. The molecule has 3 rings (SSSR count). The molecule has 1 N–H and O–H groups in total. The second kappa shape index (κ2) is 7.85. The number of carbonyl (C=O) groups is 2. The first kappa shape index (κ1) is 18.4. The van der Waals surface area contributed by atoms with Gasteiger partial charge in [-0.25, -0.2) is 0 Å². The third-order valence-corrected chi connectivity index (χ3v) is 4.37. The monoisotopic (exact) mass is 394 g/mol. The van der Waals surface area contributed by atoms with Crippen LogP contribution in [0.5, 0.6) is 11.5 Å². The molecule has 0 aromatic heterocycles. The zero-order valence-electron chi connectivity index (χ0n) is 13.9. The van der Waals surface area contributed by atoms with Crippen LogP contribution < -0.4 is 19.7 Å². The lowest BCUT2D eigenvalue weighted by atomic mass is 10.2. The predicted octanol–water partition coefficient (Wildman–Crippen LogP) is 3.51. The lowest BCUT2D eigenvalue weighted by Crippen LogP contribution is -2.37. The van der Waals surface area contributed by atoms with Crippen LogP contribution in [0.1, 0.15) is 17.3 Å². The maximum atomic E-state index is 12.3. The van der Waals surface area contributed by atoms with Gasteiger partial charge in [0.2, 0.25) is 12.7 Å². The number of nitrogens with one attached hydrogen (secondary N) is 1. The molecule has 1 aliphatic rings. The lowest BCUT2D eigenvalue weighted by molar-refractivity contribution is -0.116. The van der Waals surface area contributed by atoms with Crippen LogP contribution in [0.4, 0.5) is 5.69 Å². The van der Waals surface area contributed by atoms with Gasteiger partial charge in [0.15, 0.2) is 11.5 Å². The number of carbonyl (C=O) groups excluding carboxylic acids is 2. The Kier molecular flexibility index (Phi) is 5.54. The van der Waals surface area contributed by atoms with Crippen LogP contribution in [0.2, 0.25) is 10.0 Å². The number of nitrogens with zero attached hydrogens (tertiary/aromatic N) is 1. The van der Waals surface area contributed by atoms with E-state index >= 15 is 0 Å². The number of fused-ring (bicyclic) bond motifs is 1. The van der Waals surface area contributed by atoms with Gasteiger partial charge in [0.1, 0.15) is 0 Å². The number of benzene rings is 2. The van der Waals surface area contributed by atoms with Crippen LogP contribution in [0.25, 0.3) is 0 Å². The molecule has 136 valence electrons. The van der Waals surface area contributed by atoms with Gasteiger partial charge in [-0.2, -0.15) is 0 Å². The Morgan fingerprint density at radius 1 is 1.12 bits per heavy atom. The van der Waals surface area contributed by atoms with Crippen molar-refractivity contribution in [3.63, 3.8) is 0 Å². The molecular formula is C18H16Cl2N2O4. The molecule has 1 aliphatic heterocycles. The molecular weight excluding hydrogens is 379 g/mol. The fourth-order valence-corrected chi connectivity index (χ4v) is 3.08. The standard InChI is InChI=1S/C18H16Cl2N2O4/c1-11(23)22(15-4-3-13(19)9-14(15)20)7-6-21-18(24)12-2-5-16-17(8-12)26-10-25-16/h2-5,8-9H,6-7,10H2,1H3,(H,21,24). The largest absolute Gasteiger partial charge is 0.454 e. The van der Waals surface area contributed by atoms with E-state index in [4.69, 9.17) is 32.7 Å². The van der Waals surface area contributed by atoms with Crippen molar-refractivity contribution in [1.82, 2.24) is 5.32 Å². The van der Waals surface area contributed by atoms with Gasteiger partial charge < -0.3 is 19.7 Å². The molecule has 6 nitrogen and oxygen atoms in total. The molecule has 2 aromatic carbocycles. The summed E-state index contributed by atoms with van der Waals surface area (Å²) in [5, 5.41) is 3.63. The Balaban J connectivity index is 1.63. The summed E-state index contributed by atoms with van der Waals surface area (Å²) in [7, 11) is 0. The number of amides is 2. The molecule has 0 saturated carbocycles. The molecule has 26 heavy (non-hydrogen) atoms. The van der Waals surface area contributed by atoms with Crippen molar-refractivity contribution < 1.29 is 19.1 Å². The third kappa shape index (κ3) is 4.03. The summed E-state index contributed by atoms with van der Waals surface area (Å²) in [5.74, 6) is 0.693. The molecule has 0 radical (unpaired) electrons. The Hall–Kier alpha value is -2.44. The van der Waals surface area contributed by atoms with Gasteiger partial charge in [-0.05, 0) is 36.4 Å². The van der Waals surface area contributed by atoms with Crippen molar-refractivity contribution in [2.45, 2.75) is 6.92 Å². The van der Waals surface area contributed by atoms with Crippen LogP contribution in [-0.4, -0.2) is 31.7 Å². The molecule has 0 fully saturated rings. The van der Waals surface area contributed by atoms with E-state index in [0.29, 0.717) is 32.8 Å². The third-order valence-electron chi connectivity index (χ3n) is 3.84. The average Bonchev–Trinajstić information content (AvgIpc) is 3.06. The average molecular weight is 395 g/mol. The SMILES string of the molecule is CC(=O)N(CCNC(=O)c1ccc2c(c1)OCO2)c1ccc(Cl)cc1Cl. The van der Waals surface area contributed by atoms with Crippen molar-refractivity contribution in [3.8, 4) is 11.5 Å². The highest BCUT2D eigenvalue weighted by Crippen LogP contribution is 2.32. The summed E-state index contributed by atoms with van der Waals surface area (Å²) < 4.78 is 10.5. The molecule has 0 aliphatic carbocycles. The smallest absolute Gasteiger partial charge is 0.251 e. The quantitative estimate of drug-likeness (QED) is 0.842. The van der Waals surface area contributed by atoms with Gasteiger partial charge in [0.25, 0.3) is 5.91 Å². The van der Waals surface area contributed by atoms with Gasteiger partial charge in [-0.3, -0.25) is 9.59 Å². The van der Waals surface area contributed by atoms with Crippen molar-refractivity contribution >= 4 is 40.7 Å². The first-order chi connectivity index (χ1) is 12.5. The van der Waals surface area contributed by atoms with E-state index in [9.17, 15) is 9.59 Å². The highest BCUT2D eigenvalue weighted by atomic mass is 35.5. The van der Waals surface area contributed by atoms with Crippen LogP contribution >= 0.6 is 23.2 Å². The Bertz CT molecular complexity index is 857. The zero-order valence-corrected chi connectivity index (χ0v) is 15.4. The molecule has 0 unspecified atom stereocenters. The number of hydrogen-bond donors (Lipinski definition) is 1. The van der Waals surface area contributed by atoms with Gasteiger partial charge in [0.05, 0.1) is 10.7 Å². The van der Waals surface area contributed by atoms with Crippen LogP contribution in [0.15, 0.2) is 36.4 Å². The minimum atomic E-state index is -0.269. The number of hydrogen-bond acceptors (Lipinski definition) is 4. The lowest BCUT2D eigenvalue weighted by Gasteiger charge is -2.22. The number of halogens is 2. The van der Waals surface area contributed by atoms with E-state index in [-0.39, 0.29) is 31.7 Å². The second-order valence-electron chi connectivity index (χ2n) is 5.59. The van der Waals surface area contributed by atoms with Crippen LogP contribution in [0.3, 0.4) is 0 Å². The highest BCUT2D eigenvalue weighted by Gasteiger charge is 2.18. The normalized spacial score (nSPS) is 12.0. The molecule has 0 bridgehead atoms. The Morgan fingerprint density at radius 2 is 1.88 bits per heavy atom. The molecule has 8 heteroatoms. The maximum Gasteiger partial charge on any atom is 0.251 e. The van der Waals surface area contributed by atoms with Crippen molar-refractivity contribution in [3.05, 3.63) is 52.0 Å². The summed E-state index contributed by atoms with van der Waals surface area (Å²) in [6, 6.07) is 9.86. The number of rotatable bonds is 5. The van der Waals surface area contributed by atoms with Gasteiger partial charge >= 0.3 is 0 Å². The van der Waals surface area contributed by atoms with Gasteiger partial charge in [0, 0.05) is 30.6 Å². The number of ether oxygens (including phenoxy) is 2. The number of anilines is 1. The Morgan fingerprint density at radius 3 is 2.62 bits per heavy atom. The zero-order chi connectivity index (χ0) is 18.7. The molecule has 0 spiro atoms. The fraction of sp³-hybridized carbons (Fsp3) is 0.222. The summed E-state index contributed by atoms with van der Waals surface area (Å²) in [6.07, 6.45) is 0. The molecule has 1 heterocycles. The maximum absolute atomic E-state index is 12.3. The Labute approximate surface area is 160 Å². The van der Waals surface area contributed by atoms with E-state index < -0.39 is 0 Å². The summed E-state index contributed by atoms with van der Waals surface area (Å²) >= 11 is 12.1. The van der Waals surface area contributed by atoms with E-state index in [2.05, 4.69) is 5.32 Å². The predicted molar refractivity (Wildman–Crippen MR) is 99.4 cm³/mol. The first-order valence-corrected chi connectivity index (χ1v) is 8.62. The van der Waals surface area contributed by atoms with Crippen molar-refractivity contribution in [1.29, 1.82) is 0 Å². The fourth-order valence-electron chi connectivity index (χ4n) is 2.57. The summed E-state index contributed by atoms with van der Waals surface area (Å²) in [4.78, 5) is 25.7. The molecule has 0 atom stereocenters. The van der Waals surface area contributed by atoms with E-state index in [1.807, 2.05) is 0 Å². The molecule has 0 saturated heterocycles. The van der Waals surface area contributed by atoms with Crippen LogP contribution in [0, 0.1) is 0 Å². The summed E-state index contributed by atoms with van der Waals surface area (Å²) in [6.45, 7) is 2.11. The van der Waals surface area contributed by atoms with Gasteiger partial charge in [-0.1, -0.05) is 23.2 Å². The van der Waals surface area contributed by atoms with Gasteiger partial charge in [-0.15, -0.1) is 0 Å². The topological polar surface area (TPSA) is 67.9 Å². The first-order valence-electron chi connectivity index (χ1n) is 7.86. The minimum Gasteiger partial charge on any atom is -0.454 e. The minimum absolute atomic E-state index is 0.149. The van der Waals surface area contributed by atoms with Crippen molar-refractivity contribution in [2.75, 3.05) is 24.8 Å². The second-order valence-corrected chi connectivity index (χ2v) is 6.43. The molecule has 2 aromatic rings. The van der Waals surface area contributed by atoms with E-state index in [1.54, 1.807) is 36.4 Å².